The first-order chi connectivity index (χ1) is 2.91. The summed E-state index contributed by atoms with van der Waals surface area (Å²) in [5.74, 6) is 0.792. The van der Waals surface area contributed by atoms with E-state index in [9.17, 15) is 0 Å². The molecule has 0 saturated carbocycles. The van der Waals surface area contributed by atoms with E-state index in [-0.39, 0.29) is 0 Å². The summed E-state index contributed by atoms with van der Waals surface area (Å²) >= 11 is 5.73. The van der Waals surface area contributed by atoms with E-state index < -0.39 is 0 Å². The van der Waals surface area contributed by atoms with Gasteiger partial charge in [-0.2, -0.15) is 12.6 Å². The SMILES string of the molecule is NCCS.OBr. The van der Waals surface area contributed by atoms with E-state index in [1.54, 1.807) is 0 Å². The molecule has 0 saturated heterocycles. The van der Waals surface area contributed by atoms with Crippen molar-refractivity contribution in [3.8, 4) is 0 Å². The quantitative estimate of drug-likeness (QED) is 0.496. The minimum atomic E-state index is 0.684. The second kappa shape index (κ2) is 17.2. The van der Waals surface area contributed by atoms with Gasteiger partial charge in [0.2, 0.25) is 0 Å². The van der Waals surface area contributed by atoms with Gasteiger partial charge in [-0.25, -0.2) is 0 Å². The van der Waals surface area contributed by atoms with Crippen molar-refractivity contribution in [2.75, 3.05) is 12.3 Å². The molecule has 0 aromatic heterocycles. The standard InChI is InChI=1S/C2H7NS.BrHO/c3-1-2-4;1-2/h4H,1-3H2;2H. The topological polar surface area (TPSA) is 46.2 Å². The van der Waals surface area contributed by atoms with E-state index in [4.69, 9.17) is 9.93 Å². The smallest absolute Gasteiger partial charge is 0.0957 e. The van der Waals surface area contributed by atoms with Crippen LogP contribution in [0.1, 0.15) is 0 Å². The van der Waals surface area contributed by atoms with Crippen LogP contribution in [0.25, 0.3) is 0 Å². The lowest BCUT2D eigenvalue weighted by atomic mass is 10.8. The Bertz CT molecular complexity index is 15.5. The number of thiol groups is 1. The molecular formula is C2H8BrNOS. The molecule has 0 amide bonds. The van der Waals surface area contributed by atoms with Crippen molar-refractivity contribution in [2.45, 2.75) is 0 Å². The molecular weight excluding hydrogens is 166 g/mol. The predicted molar refractivity (Wildman–Crippen MR) is 34.1 cm³/mol. The molecule has 4 heteroatoms. The third-order valence-corrected chi connectivity index (χ3v) is 0.387. The molecule has 0 atom stereocenters. The van der Waals surface area contributed by atoms with Crippen molar-refractivity contribution in [2.24, 2.45) is 5.73 Å². The summed E-state index contributed by atoms with van der Waals surface area (Å²) in [5.41, 5.74) is 4.95. The van der Waals surface area contributed by atoms with Gasteiger partial charge >= 0.3 is 0 Å². The monoisotopic (exact) mass is 173 g/mol. The van der Waals surface area contributed by atoms with Crippen molar-refractivity contribution >= 4 is 28.9 Å². The Morgan fingerprint density at radius 3 is 1.83 bits per heavy atom. The van der Waals surface area contributed by atoms with Crippen LogP contribution in [0.2, 0.25) is 0 Å². The summed E-state index contributed by atoms with van der Waals surface area (Å²) < 4.78 is 6.81. The molecule has 0 radical (unpaired) electrons. The molecule has 0 fully saturated rings. The first-order valence-electron chi connectivity index (χ1n) is 1.39. The average molecular weight is 174 g/mol. The fourth-order valence-corrected chi connectivity index (χ4v) is 0. The first kappa shape index (κ1) is 9.89. The highest BCUT2D eigenvalue weighted by Gasteiger charge is 1.56. The summed E-state index contributed by atoms with van der Waals surface area (Å²) in [6.45, 7) is 0.684. The minimum Gasteiger partial charge on any atom is -0.330 e. The fourth-order valence-electron chi connectivity index (χ4n) is 0. The lowest BCUT2D eigenvalue weighted by molar-refractivity contribution is 0.702. The van der Waals surface area contributed by atoms with Gasteiger partial charge in [-0.15, -0.1) is 0 Å². The van der Waals surface area contributed by atoms with E-state index in [0.29, 0.717) is 6.54 Å². The van der Waals surface area contributed by atoms with Crippen LogP contribution in [-0.4, -0.2) is 16.5 Å². The Morgan fingerprint density at radius 2 is 1.83 bits per heavy atom. The van der Waals surface area contributed by atoms with Crippen LogP contribution in [0.15, 0.2) is 0 Å². The molecule has 0 heterocycles. The Labute approximate surface area is 51.6 Å². The van der Waals surface area contributed by atoms with Gasteiger partial charge in [-0.1, -0.05) is 0 Å². The zero-order chi connectivity index (χ0) is 5.41. The largest absolute Gasteiger partial charge is 0.330 e. The van der Waals surface area contributed by atoms with Crippen molar-refractivity contribution < 1.29 is 4.20 Å². The fraction of sp³-hybridized carbons (Fsp3) is 1.00. The molecule has 0 bridgehead atoms. The maximum absolute atomic E-state index is 6.81. The van der Waals surface area contributed by atoms with E-state index >= 15 is 0 Å². The molecule has 0 rings (SSSR count). The molecule has 0 spiro atoms. The molecule has 2 nitrogen and oxygen atoms in total. The first-order valence-corrected chi connectivity index (χ1v) is 2.74. The van der Waals surface area contributed by atoms with Crippen LogP contribution in [-0.2, 0) is 0 Å². The van der Waals surface area contributed by atoms with E-state index in [1.807, 2.05) is 16.3 Å². The summed E-state index contributed by atoms with van der Waals surface area (Å²) in [4.78, 5) is 0. The highest BCUT2D eigenvalue weighted by Crippen LogP contribution is 1.58. The third-order valence-electron chi connectivity index (χ3n) is 0.129. The van der Waals surface area contributed by atoms with Crippen LogP contribution in [0.5, 0.6) is 0 Å². The second-order valence-electron chi connectivity index (χ2n) is 0.512. The van der Waals surface area contributed by atoms with Gasteiger partial charge in [0.25, 0.3) is 0 Å². The lowest BCUT2D eigenvalue weighted by Crippen LogP contribution is -1.97. The van der Waals surface area contributed by atoms with Crippen LogP contribution in [0.4, 0.5) is 0 Å². The third kappa shape index (κ3) is 21.8. The highest BCUT2D eigenvalue weighted by atomic mass is 79.9. The average Bonchev–Trinajstić information content (AvgIpc) is 1.72. The minimum absolute atomic E-state index is 0.684. The zero-order valence-electron chi connectivity index (χ0n) is 3.26. The Morgan fingerprint density at radius 1 is 1.67 bits per heavy atom. The molecule has 0 aliphatic carbocycles. The Kier molecular flexibility index (Phi) is 28.3. The molecule has 40 valence electrons. The van der Waals surface area contributed by atoms with Gasteiger partial charge in [0.15, 0.2) is 0 Å². The molecule has 0 aliphatic rings. The van der Waals surface area contributed by atoms with Crippen LogP contribution in [0, 0.1) is 0 Å². The maximum Gasteiger partial charge on any atom is 0.0957 e. The van der Waals surface area contributed by atoms with Crippen molar-refractivity contribution in [1.29, 1.82) is 0 Å². The van der Waals surface area contributed by atoms with Crippen molar-refractivity contribution in [3.05, 3.63) is 0 Å². The molecule has 0 unspecified atom stereocenters. The second-order valence-corrected chi connectivity index (χ2v) is 0.959. The van der Waals surface area contributed by atoms with Crippen LogP contribution < -0.4 is 5.73 Å². The number of hydrogen-bond acceptors (Lipinski definition) is 3. The van der Waals surface area contributed by atoms with Gasteiger partial charge in [-0.3, -0.25) is 0 Å². The molecule has 3 N–H and O–H groups in total. The summed E-state index contributed by atoms with van der Waals surface area (Å²) in [5, 5.41) is 0. The molecule has 0 aromatic carbocycles. The van der Waals surface area contributed by atoms with Crippen LogP contribution >= 0.6 is 28.9 Å². The lowest BCUT2D eigenvalue weighted by Gasteiger charge is -1.69. The van der Waals surface area contributed by atoms with Crippen LogP contribution in [0.3, 0.4) is 0 Å². The number of nitrogens with two attached hydrogens (primary N) is 1. The van der Waals surface area contributed by atoms with Gasteiger partial charge in [-0.05, 0) is 0 Å². The Hall–Kier alpha value is 0.750. The normalized spacial score (nSPS) is 6.00. The molecule has 6 heavy (non-hydrogen) atoms. The number of halogens is 1. The molecule has 0 aromatic rings. The number of hydrogen-bond donors (Lipinski definition) is 3. The van der Waals surface area contributed by atoms with Gasteiger partial charge in [0.1, 0.15) is 0 Å². The highest BCUT2D eigenvalue weighted by molar-refractivity contribution is 9.05. The maximum atomic E-state index is 6.81. The van der Waals surface area contributed by atoms with E-state index in [2.05, 4.69) is 12.6 Å². The Balaban J connectivity index is 0. The predicted octanol–water partition coefficient (Wildman–Crippen LogP) is 0.164. The van der Waals surface area contributed by atoms with Gasteiger partial charge in [0.05, 0.1) is 16.3 Å². The zero-order valence-corrected chi connectivity index (χ0v) is 5.74. The van der Waals surface area contributed by atoms with Gasteiger partial charge < -0.3 is 9.93 Å². The number of rotatable bonds is 1. The summed E-state index contributed by atoms with van der Waals surface area (Å²) in [7, 11) is 0. The van der Waals surface area contributed by atoms with E-state index in [0.717, 1.165) is 5.75 Å². The van der Waals surface area contributed by atoms with E-state index in [1.165, 1.54) is 0 Å². The summed E-state index contributed by atoms with van der Waals surface area (Å²) in [6.07, 6.45) is 0. The van der Waals surface area contributed by atoms with Crippen molar-refractivity contribution in [1.82, 2.24) is 0 Å². The van der Waals surface area contributed by atoms with Crippen molar-refractivity contribution in [3.63, 3.8) is 0 Å². The van der Waals surface area contributed by atoms with Gasteiger partial charge in [0, 0.05) is 12.3 Å². The molecule has 0 aliphatic heterocycles. The summed E-state index contributed by atoms with van der Waals surface area (Å²) in [6, 6.07) is 0.